The third kappa shape index (κ3) is 6.77. The molecule has 7 nitrogen and oxygen atoms in total. The number of carbonyl (C=O) groups excluding carboxylic acids is 1. The lowest BCUT2D eigenvalue weighted by molar-refractivity contribution is -0.121. The van der Waals surface area contributed by atoms with Gasteiger partial charge in [-0.3, -0.25) is 9.59 Å². The summed E-state index contributed by atoms with van der Waals surface area (Å²) in [5.41, 5.74) is 2.79. The first-order valence-electron chi connectivity index (χ1n) is 10.4. The number of H-pyrrole nitrogens is 1. The molecule has 0 saturated carbocycles. The molecule has 1 heterocycles. The molecule has 0 spiro atoms. The molecule has 7 heteroatoms. The number of ether oxygens (including phenoxy) is 1. The Morgan fingerprint density at radius 1 is 1.13 bits per heavy atom. The number of aromatic nitrogens is 3. The summed E-state index contributed by atoms with van der Waals surface area (Å²) in [5.74, 6) is 1.36. The fourth-order valence-corrected chi connectivity index (χ4v) is 2.99. The molecule has 3 rings (SSSR count). The van der Waals surface area contributed by atoms with Crippen LogP contribution < -0.4 is 15.6 Å². The molecular formula is C24H28N4O3. The van der Waals surface area contributed by atoms with Crippen LogP contribution in [0.2, 0.25) is 0 Å². The zero-order valence-corrected chi connectivity index (χ0v) is 18.1. The molecule has 0 atom stereocenters. The fraction of sp³-hybridized carbons (Fsp3) is 0.333. The average Bonchev–Trinajstić information content (AvgIpc) is 2.75. The monoisotopic (exact) mass is 420 g/mol. The van der Waals surface area contributed by atoms with Crippen molar-refractivity contribution >= 4 is 5.91 Å². The Morgan fingerprint density at radius 3 is 2.68 bits per heavy atom. The van der Waals surface area contributed by atoms with Crippen molar-refractivity contribution in [1.29, 1.82) is 0 Å². The quantitative estimate of drug-likeness (QED) is 0.553. The minimum atomic E-state index is -0.343. The lowest BCUT2D eigenvalue weighted by atomic mass is 10.1. The van der Waals surface area contributed by atoms with Gasteiger partial charge in [-0.1, -0.05) is 55.8 Å². The Kier molecular flexibility index (Phi) is 7.54. The van der Waals surface area contributed by atoms with Crippen molar-refractivity contribution in [3.8, 4) is 17.1 Å². The van der Waals surface area contributed by atoms with E-state index in [-0.39, 0.29) is 30.0 Å². The third-order valence-corrected chi connectivity index (χ3v) is 4.62. The van der Waals surface area contributed by atoms with Crippen molar-refractivity contribution in [2.75, 3.05) is 6.61 Å². The topological polar surface area (TPSA) is 97.0 Å². The van der Waals surface area contributed by atoms with Crippen molar-refractivity contribution in [3.63, 3.8) is 0 Å². The van der Waals surface area contributed by atoms with Gasteiger partial charge in [0, 0.05) is 24.9 Å². The Morgan fingerprint density at radius 2 is 1.94 bits per heavy atom. The number of rotatable bonds is 9. The summed E-state index contributed by atoms with van der Waals surface area (Å²) < 4.78 is 5.73. The summed E-state index contributed by atoms with van der Waals surface area (Å²) in [6.45, 7) is 7.23. The zero-order valence-electron chi connectivity index (χ0n) is 18.1. The molecule has 0 radical (unpaired) electrons. The Bertz CT molecular complexity index is 1090. The first-order valence-corrected chi connectivity index (χ1v) is 10.4. The van der Waals surface area contributed by atoms with Gasteiger partial charge in [0.25, 0.3) is 5.56 Å². The van der Waals surface area contributed by atoms with Crippen LogP contribution in [0.1, 0.15) is 37.1 Å². The molecule has 0 aliphatic carbocycles. The van der Waals surface area contributed by atoms with Gasteiger partial charge in [-0.15, -0.1) is 10.2 Å². The van der Waals surface area contributed by atoms with E-state index in [0.29, 0.717) is 36.2 Å². The van der Waals surface area contributed by atoms with E-state index in [2.05, 4.69) is 34.3 Å². The molecule has 2 N–H and O–H groups in total. The van der Waals surface area contributed by atoms with Crippen molar-refractivity contribution in [2.24, 2.45) is 5.92 Å². The number of amides is 1. The Balaban J connectivity index is 1.57. The summed E-state index contributed by atoms with van der Waals surface area (Å²) in [5, 5.41) is 11.0. The van der Waals surface area contributed by atoms with Gasteiger partial charge in [-0.25, -0.2) is 0 Å². The zero-order chi connectivity index (χ0) is 22.2. The van der Waals surface area contributed by atoms with Crippen LogP contribution in [0.5, 0.6) is 5.75 Å². The molecule has 0 aliphatic heterocycles. The lowest BCUT2D eigenvalue weighted by Gasteiger charge is -2.09. The van der Waals surface area contributed by atoms with Crippen LogP contribution in [-0.4, -0.2) is 27.7 Å². The number of nitrogens with zero attached hydrogens (tertiary/aromatic N) is 2. The molecule has 1 aromatic heterocycles. The summed E-state index contributed by atoms with van der Waals surface area (Å²) in [6.07, 6.45) is 0.390. The standard InChI is InChI=1S/C24H28N4O3/c1-16(2)15-31-20-9-5-8-19(13-20)23-26-24(30)21(27-28-23)10-11-22(29)25-14-18-7-4-6-17(3)12-18/h4-9,12-13,16H,10-11,14-15H2,1-3H3,(H,25,29)(H,26,28,30). The predicted octanol–water partition coefficient (Wildman–Crippen LogP) is 3.42. The molecular weight excluding hydrogens is 392 g/mol. The SMILES string of the molecule is Cc1cccc(CNC(=O)CCc2nnc(-c3cccc(OCC(C)C)c3)[nH]c2=O)c1. The van der Waals surface area contributed by atoms with Gasteiger partial charge >= 0.3 is 0 Å². The van der Waals surface area contributed by atoms with Gasteiger partial charge in [0.2, 0.25) is 5.91 Å². The van der Waals surface area contributed by atoms with E-state index in [9.17, 15) is 9.59 Å². The molecule has 0 unspecified atom stereocenters. The van der Waals surface area contributed by atoms with Crippen LogP contribution in [0.3, 0.4) is 0 Å². The second-order valence-electron chi connectivity index (χ2n) is 7.95. The fourth-order valence-electron chi connectivity index (χ4n) is 2.99. The van der Waals surface area contributed by atoms with Crippen molar-refractivity contribution in [1.82, 2.24) is 20.5 Å². The van der Waals surface area contributed by atoms with Gasteiger partial charge in [0.1, 0.15) is 11.4 Å². The Labute approximate surface area is 181 Å². The lowest BCUT2D eigenvalue weighted by Crippen LogP contribution is -2.25. The van der Waals surface area contributed by atoms with Crippen LogP contribution in [0.15, 0.2) is 53.3 Å². The van der Waals surface area contributed by atoms with E-state index in [1.165, 1.54) is 0 Å². The number of carbonyl (C=O) groups is 1. The number of aromatic amines is 1. The first-order chi connectivity index (χ1) is 14.9. The highest BCUT2D eigenvalue weighted by molar-refractivity contribution is 5.76. The molecule has 2 aromatic carbocycles. The molecule has 0 saturated heterocycles. The van der Waals surface area contributed by atoms with E-state index in [1.807, 2.05) is 55.5 Å². The van der Waals surface area contributed by atoms with E-state index >= 15 is 0 Å². The summed E-state index contributed by atoms with van der Waals surface area (Å²) in [6, 6.07) is 15.3. The van der Waals surface area contributed by atoms with E-state index < -0.39 is 0 Å². The molecule has 162 valence electrons. The molecule has 0 aliphatic rings. The minimum Gasteiger partial charge on any atom is -0.493 e. The highest BCUT2D eigenvalue weighted by Gasteiger charge is 2.10. The second kappa shape index (κ2) is 10.5. The van der Waals surface area contributed by atoms with Gasteiger partial charge in [-0.05, 0) is 30.5 Å². The van der Waals surface area contributed by atoms with Crippen LogP contribution in [0.25, 0.3) is 11.4 Å². The number of hydrogen-bond donors (Lipinski definition) is 2. The smallest absolute Gasteiger partial charge is 0.273 e. The normalized spacial score (nSPS) is 10.8. The summed E-state index contributed by atoms with van der Waals surface area (Å²) in [7, 11) is 0. The number of hydrogen-bond acceptors (Lipinski definition) is 5. The van der Waals surface area contributed by atoms with Crippen LogP contribution in [-0.2, 0) is 17.8 Å². The van der Waals surface area contributed by atoms with Crippen LogP contribution in [0, 0.1) is 12.8 Å². The Hall–Kier alpha value is -3.48. The van der Waals surface area contributed by atoms with E-state index in [1.54, 1.807) is 0 Å². The molecule has 0 fully saturated rings. The molecule has 31 heavy (non-hydrogen) atoms. The van der Waals surface area contributed by atoms with Gasteiger partial charge in [-0.2, -0.15) is 0 Å². The highest BCUT2D eigenvalue weighted by atomic mass is 16.5. The van der Waals surface area contributed by atoms with Gasteiger partial charge in [0.05, 0.1) is 6.61 Å². The van der Waals surface area contributed by atoms with Gasteiger partial charge in [0.15, 0.2) is 5.82 Å². The highest BCUT2D eigenvalue weighted by Crippen LogP contribution is 2.20. The maximum absolute atomic E-state index is 12.4. The van der Waals surface area contributed by atoms with E-state index in [0.717, 1.165) is 11.1 Å². The van der Waals surface area contributed by atoms with Crippen molar-refractivity contribution < 1.29 is 9.53 Å². The van der Waals surface area contributed by atoms with Crippen molar-refractivity contribution in [2.45, 2.75) is 40.2 Å². The molecule has 0 bridgehead atoms. The maximum Gasteiger partial charge on any atom is 0.273 e. The molecule has 3 aromatic rings. The van der Waals surface area contributed by atoms with Crippen LogP contribution >= 0.6 is 0 Å². The third-order valence-electron chi connectivity index (χ3n) is 4.62. The number of nitrogens with one attached hydrogen (secondary N) is 2. The van der Waals surface area contributed by atoms with Gasteiger partial charge < -0.3 is 15.0 Å². The minimum absolute atomic E-state index is 0.137. The predicted molar refractivity (Wildman–Crippen MR) is 120 cm³/mol. The van der Waals surface area contributed by atoms with Crippen LogP contribution in [0.4, 0.5) is 0 Å². The van der Waals surface area contributed by atoms with E-state index in [4.69, 9.17) is 4.74 Å². The molecule has 1 amide bonds. The summed E-state index contributed by atoms with van der Waals surface area (Å²) >= 11 is 0. The largest absolute Gasteiger partial charge is 0.493 e. The average molecular weight is 421 g/mol. The maximum atomic E-state index is 12.4. The first kappa shape index (κ1) is 22.2. The second-order valence-corrected chi connectivity index (χ2v) is 7.95. The van der Waals surface area contributed by atoms with Crippen molar-refractivity contribution in [3.05, 3.63) is 75.7 Å². The summed E-state index contributed by atoms with van der Waals surface area (Å²) in [4.78, 5) is 27.3. The number of benzene rings is 2. The number of aryl methyl sites for hydroxylation is 2.